The van der Waals surface area contributed by atoms with Crippen molar-refractivity contribution in [2.75, 3.05) is 13.2 Å². The van der Waals surface area contributed by atoms with Crippen LogP contribution in [0.5, 0.6) is 0 Å². The monoisotopic (exact) mass is 406 g/mol. The molecular formula is C16H26N2O10. The van der Waals surface area contributed by atoms with Crippen molar-refractivity contribution in [3.05, 3.63) is 0 Å². The molecule has 12 heteroatoms. The highest BCUT2D eigenvalue weighted by molar-refractivity contribution is 5.76. The van der Waals surface area contributed by atoms with Crippen molar-refractivity contribution in [3.8, 4) is 0 Å². The van der Waals surface area contributed by atoms with Gasteiger partial charge in [0, 0.05) is 13.3 Å². The fraction of sp³-hybridized carbons (Fsp3) is 0.812. The first-order valence-corrected chi connectivity index (χ1v) is 8.90. The summed E-state index contributed by atoms with van der Waals surface area (Å²) in [5.41, 5.74) is 0. The topological polar surface area (TPSA) is 195 Å². The van der Waals surface area contributed by atoms with Gasteiger partial charge in [-0.1, -0.05) is 0 Å². The average Bonchev–Trinajstić information content (AvgIpc) is 3.15. The van der Waals surface area contributed by atoms with Crippen LogP contribution in [0.25, 0.3) is 0 Å². The zero-order valence-electron chi connectivity index (χ0n) is 15.3. The lowest BCUT2D eigenvalue weighted by molar-refractivity contribution is -0.295. The maximum absolute atomic E-state index is 11.9. The summed E-state index contributed by atoms with van der Waals surface area (Å²) in [6, 6.07) is -1.82. The summed E-state index contributed by atoms with van der Waals surface area (Å²) in [7, 11) is 0. The molecule has 28 heavy (non-hydrogen) atoms. The standard InChI is InChI=1S/C16H26N2O10/c1-7(19)18-11-9(20)5-16(26,15(24)25)28-13(11)12(22)10(21)6-27-14(23)8-3-2-4-17-8/h8-13,17,20-22,26H,2-6H2,1H3,(H,18,19)(H,24,25)/t8-,9+,10-,11-,12-,13-,16+/m1/s1. The van der Waals surface area contributed by atoms with Gasteiger partial charge in [0.25, 0.3) is 5.79 Å². The Morgan fingerprint density at radius 3 is 2.57 bits per heavy atom. The molecule has 7 N–H and O–H groups in total. The summed E-state index contributed by atoms with van der Waals surface area (Å²) in [6.45, 7) is 1.15. The number of amides is 1. The summed E-state index contributed by atoms with van der Waals surface area (Å²) in [5, 5.41) is 55.1. The first-order valence-electron chi connectivity index (χ1n) is 8.90. The van der Waals surface area contributed by atoms with E-state index in [-0.39, 0.29) is 0 Å². The number of carboxylic acid groups (broad SMARTS) is 1. The SMILES string of the molecule is CC(=O)N[C@H]1[C@H]([C@H](O)[C@H](O)COC(=O)[C@H]2CCCN2)O[C@](O)(C(=O)O)C[C@@H]1O. The van der Waals surface area contributed by atoms with Crippen LogP contribution in [-0.2, 0) is 23.9 Å². The number of hydrogen-bond acceptors (Lipinski definition) is 10. The molecule has 1 amide bonds. The summed E-state index contributed by atoms with van der Waals surface area (Å²) in [4.78, 5) is 34.5. The van der Waals surface area contributed by atoms with Crippen LogP contribution in [0, 0.1) is 0 Å². The van der Waals surface area contributed by atoms with Gasteiger partial charge in [0.1, 0.15) is 31.0 Å². The quantitative estimate of drug-likeness (QED) is 0.207. The van der Waals surface area contributed by atoms with Gasteiger partial charge in [-0.15, -0.1) is 0 Å². The number of hydrogen-bond donors (Lipinski definition) is 7. The van der Waals surface area contributed by atoms with Crippen LogP contribution < -0.4 is 10.6 Å². The van der Waals surface area contributed by atoms with Gasteiger partial charge in [0.05, 0.1) is 12.1 Å². The zero-order chi connectivity index (χ0) is 21.1. The highest BCUT2D eigenvalue weighted by atomic mass is 16.7. The number of aliphatic carboxylic acids is 1. The second-order valence-corrected chi connectivity index (χ2v) is 7.01. The molecule has 0 aliphatic carbocycles. The van der Waals surface area contributed by atoms with Gasteiger partial charge in [-0.25, -0.2) is 4.79 Å². The molecule has 2 aliphatic rings. The number of carbonyl (C=O) groups is 3. The lowest BCUT2D eigenvalue weighted by Gasteiger charge is -2.44. The second kappa shape index (κ2) is 9.11. The molecule has 0 bridgehead atoms. The molecule has 0 unspecified atom stereocenters. The predicted molar refractivity (Wildman–Crippen MR) is 89.7 cm³/mol. The van der Waals surface area contributed by atoms with Crippen LogP contribution in [0.15, 0.2) is 0 Å². The highest BCUT2D eigenvalue weighted by Gasteiger charge is 2.54. The Kier molecular flexibility index (Phi) is 7.31. The Morgan fingerprint density at radius 2 is 2.04 bits per heavy atom. The summed E-state index contributed by atoms with van der Waals surface area (Å²) < 4.78 is 9.97. The van der Waals surface area contributed by atoms with Crippen LogP contribution in [0.2, 0.25) is 0 Å². The number of carbonyl (C=O) groups excluding carboxylic acids is 2. The van der Waals surface area contributed by atoms with E-state index in [4.69, 9.17) is 14.6 Å². The molecule has 0 radical (unpaired) electrons. The van der Waals surface area contributed by atoms with Gasteiger partial charge in [-0.3, -0.25) is 9.59 Å². The third-order valence-corrected chi connectivity index (χ3v) is 4.76. The van der Waals surface area contributed by atoms with Crippen molar-refractivity contribution in [3.63, 3.8) is 0 Å². The van der Waals surface area contributed by atoms with E-state index in [1.807, 2.05) is 0 Å². The number of nitrogens with one attached hydrogen (secondary N) is 2. The Bertz CT molecular complexity index is 596. The van der Waals surface area contributed by atoms with E-state index < -0.39 is 73.2 Å². The number of aliphatic hydroxyl groups is 4. The van der Waals surface area contributed by atoms with Crippen molar-refractivity contribution in [2.24, 2.45) is 0 Å². The van der Waals surface area contributed by atoms with Gasteiger partial charge in [-0.2, -0.15) is 0 Å². The highest BCUT2D eigenvalue weighted by Crippen LogP contribution is 2.30. The number of rotatable bonds is 7. The van der Waals surface area contributed by atoms with E-state index in [0.29, 0.717) is 13.0 Å². The zero-order valence-corrected chi connectivity index (χ0v) is 15.3. The molecule has 2 aliphatic heterocycles. The lowest BCUT2D eigenvalue weighted by Crippen LogP contribution is -2.67. The molecule has 2 rings (SSSR count). The van der Waals surface area contributed by atoms with Gasteiger partial charge < -0.3 is 45.6 Å². The van der Waals surface area contributed by atoms with E-state index in [1.54, 1.807) is 0 Å². The molecule has 7 atom stereocenters. The van der Waals surface area contributed by atoms with E-state index in [0.717, 1.165) is 13.3 Å². The van der Waals surface area contributed by atoms with Crippen molar-refractivity contribution in [2.45, 2.75) is 68.5 Å². The molecule has 160 valence electrons. The third kappa shape index (κ3) is 5.16. The Hall–Kier alpha value is -1.83. The molecule has 0 spiro atoms. The van der Waals surface area contributed by atoms with Crippen LogP contribution in [0.4, 0.5) is 0 Å². The average molecular weight is 406 g/mol. The minimum atomic E-state index is -2.83. The van der Waals surface area contributed by atoms with Crippen LogP contribution >= 0.6 is 0 Å². The molecule has 0 aromatic carbocycles. The molecule has 0 aromatic rings. The summed E-state index contributed by atoms with van der Waals surface area (Å²) >= 11 is 0. The second-order valence-electron chi connectivity index (χ2n) is 7.01. The van der Waals surface area contributed by atoms with Crippen molar-refractivity contribution in [1.82, 2.24) is 10.6 Å². The van der Waals surface area contributed by atoms with Crippen LogP contribution in [0.3, 0.4) is 0 Å². The van der Waals surface area contributed by atoms with E-state index in [2.05, 4.69) is 10.6 Å². The largest absolute Gasteiger partial charge is 0.477 e. The molecule has 2 saturated heterocycles. The van der Waals surface area contributed by atoms with Gasteiger partial charge in [0.2, 0.25) is 5.91 Å². The maximum Gasteiger partial charge on any atom is 0.364 e. The van der Waals surface area contributed by atoms with Gasteiger partial charge >= 0.3 is 11.9 Å². The molecule has 0 aromatic heterocycles. The van der Waals surface area contributed by atoms with E-state index >= 15 is 0 Å². The van der Waals surface area contributed by atoms with Crippen LogP contribution in [-0.4, -0.2) is 98.8 Å². The van der Waals surface area contributed by atoms with Crippen molar-refractivity contribution >= 4 is 17.8 Å². The van der Waals surface area contributed by atoms with Crippen molar-refractivity contribution < 1.29 is 49.4 Å². The maximum atomic E-state index is 11.9. The molecule has 12 nitrogen and oxygen atoms in total. The molecule has 0 saturated carbocycles. The number of ether oxygens (including phenoxy) is 2. The number of esters is 1. The summed E-state index contributed by atoms with van der Waals surface area (Å²) in [6.07, 6.45) is -6.29. The van der Waals surface area contributed by atoms with Gasteiger partial charge in [-0.05, 0) is 19.4 Å². The Balaban J connectivity index is 2.07. The molecule has 2 fully saturated rings. The third-order valence-electron chi connectivity index (χ3n) is 4.76. The summed E-state index contributed by atoms with van der Waals surface area (Å²) in [5.74, 6) is -5.87. The molecular weight excluding hydrogens is 380 g/mol. The first kappa shape index (κ1) is 22.5. The minimum absolute atomic E-state index is 0.513. The lowest BCUT2D eigenvalue weighted by atomic mass is 9.88. The first-order chi connectivity index (χ1) is 13.0. The normalized spacial score (nSPS) is 35.0. The van der Waals surface area contributed by atoms with Crippen LogP contribution in [0.1, 0.15) is 26.2 Å². The number of aliphatic hydroxyl groups excluding tert-OH is 3. The van der Waals surface area contributed by atoms with E-state index in [1.165, 1.54) is 0 Å². The minimum Gasteiger partial charge on any atom is -0.477 e. The fourth-order valence-electron chi connectivity index (χ4n) is 3.28. The predicted octanol–water partition coefficient (Wildman–Crippen LogP) is -3.57. The fourth-order valence-corrected chi connectivity index (χ4v) is 3.28. The molecule has 2 heterocycles. The smallest absolute Gasteiger partial charge is 0.364 e. The van der Waals surface area contributed by atoms with E-state index in [9.17, 15) is 34.8 Å². The Labute approximate surface area is 160 Å². The number of carboxylic acids is 1. The Morgan fingerprint density at radius 1 is 1.36 bits per heavy atom. The van der Waals surface area contributed by atoms with Gasteiger partial charge in [0.15, 0.2) is 0 Å². The van der Waals surface area contributed by atoms with Crippen molar-refractivity contribution in [1.29, 1.82) is 0 Å².